The number of aryl methyl sites for hydroxylation is 2. The molecule has 2 amide bonds. The SMILES string of the molecule is CN(C)S(=O)(=O)c1ccc2c(c1)nc(CCC(=O)NCC(=O)Nc1ccc(F)c(F)c1F)n2C. The summed E-state index contributed by atoms with van der Waals surface area (Å²) in [4.78, 5) is 28.5. The van der Waals surface area contributed by atoms with Gasteiger partial charge in [-0.3, -0.25) is 9.59 Å². The van der Waals surface area contributed by atoms with Crippen LogP contribution in [0.25, 0.3) is 11.0 Å². The number of hydrogen-bond donors (Lipinski definition) is 2. The third-order valence-electron chi connectivity index (χ3n) is 5.05. The molecule has 3 rings (SSSR count). The molecule has 0 atom stereocenters. The molecule has 0 aliphatic carbocycles. The number of nitrogens with zero attached hydrogens (tertiary/aromatic N) is 3. The Morgan fingerprint density at radius 1 is 1.06 bits per heavy atom. The highest BCUT2D eigenvalue weighted by molar-refractivity contribution is 7.89. The van der Waals surface area contributed by atoms with Gasteiger partial charge in [0.1, 0.15) is 5.82 Å². The molecule has 182 valence electrons. The van der Waals surface area contributed by atoms with Crippen molar-refractivity contribution in [1.82, 2.24) is 19.2 Å². The zero-order valence-corrected chi connectivity index (χ0v) is 19.3. The number of rotatable bonds is 8. The fourth-order valence-corrected chi connectivity index (χ4v) is 4.06. The third kappa shape index (κ3) is 5.20. The molecule has 0 fully saturated rings. The van der Waals surface area contributed by atoms with Gasteiger partial charge in [0.25, 0.3) is 0 Å². The van der Waals surface area contributed by atoms with Crippen molar-refractivity contribution in [3.8, 4) is 0 Å². The summed E-state index contributed by atoms with van der Waals surface area (Å²) in [5.41, 5.74) is 0.586. The first-order valence-corrected chi connectivity index (χ1v) is 11.4. The summed E-state index contributed by atoms with van der Waals surface area (Å²) in [6.07, 6.45) is 0.166. The van der Waals surface area contributed by atoms with Gasteiger partial charge < -0.3 is 15.2 Å². The molecule has 1 heterocycles. The number of hydrogen-bond acceptors (Lipinski definition) is 5. The van der Waals surface area contributed by atoms with E-state index in [1.807, 2.05) is 0 Å². The van der Waals surface area contributed by atoms with Crippen LogP contribution in [0.3, 0.4) is 0 Å². The van der Waals surface area contributed by atoms with Crippen molar-refractivity contribution in [2.24, 2.45) is 7.05 Å². The lowest BCUT2D eigenvalue weighted by molar-refractivity contribution is -0.124. The number of anilines is 1. The Kier molecular flexibility index (Phi) is 7.26. The Labute approximate surface area is 193 Å². The van der Waals surface area contributed by atoms with E-state index in [0.717, 1.165) is 10.4 Å². The number of imidazole rings is 1. The number of nitrogens with one attached hydrogen (secondary N) is 2. The molecule has 0 saturated carbocycles. The van der Waals surface area contributed by atoms with E-state index in [-0.39, 0.29) is 17.7 Å². The van der Waals surface area contributed by atoms with Gasteiger partial charge in [0, 0.05) is 34.0 Å². The van der Waals surface area contributed by atoms with E-state index in [1.54, 1.807) is 17.7 Å². The van der Waals surface area contributed by atoms with Crippen LogP contribution >= 0.6 is 0 Å². The molecular weight excluding hydrogens is 475 g/mol. The van der Waals surface area contributed by atoms with Crippen molar-refractivity contribution in [3.05, 3.63) is 53.6 Å². The standard InChI is InChI=1S/C21H22F3N5O4S/c1-28(2)34(32,33)12-4-7-16-15(10-12)26-17(29(16)3)8-9-18(30)25-11-19(31)27-14-6-5-13(22)20(23)21(14)24/h4-7,10H,8-9,11H2,1-3H3,(H,25,30)(H,27,31). The van der Waals surface area contributed by atoms with E-state index in [2.05, 4.69) is 15.6 Å². The first-order valence-electron chi connectivity index (χ1n) is 9.99. The monoisotopic (exact) mass is 497 g/mol. The maximum Gasteiger partial charge on any atom is 0.243 e. The third-order valence-corrected chi connectivity index (χ3v) is 6.87. The largest absolute Gasteiger partial charge is 0.347 e. The predicted octanol–water partition coefficient (Wildman–Crippen LogP) is 1.93. The predicted molar refractivity (Wildman–Crippen MR) is 118 cm³/mol. The summed E-state index contributed by atoms with van der Waals surface area (Å²) in [6.45, 7) is -0.508. The van der Waals surface area contributed by atoms with Gasteiger partial charge in [-0.05, 0) is 30.3 Å². The number of aromatic nitrogens is 2. The average Bonchev–Trinajstić information content (AvgIpc) is 3.11. The minimum atomic E-state index is -3.62. The fraction of sp³-hybridized carbons (Fsp3) is 0.286. The van der Waals surface area contributed by atoms with Crippen molar-refractivity contribution >= 4 is 38.6 Å². The molecule has 2 aromatic carbocycles. The lowest BCUT2D eigenvalue weighted by atomic mass is 10.2. The van der Waals surface area contributed by atoms with Gasteiger partial charge in [-0.2, -0.15) is 0 Å². The summed E-state index contributed by atoms with van der Waals surface area (Å²) >= 11 is 0. The number of benzene rings is 2. The highest BCUT2D eigenvalue weighted by Gasteiger charge is 2.20. The molecule has 2 N–H and O–H groups in total. The summed E-state index contributed by atoms with van der Waals surface area (Å²) in [5.74, 6) is -5.43. The van der Waals surface area contributed by atoms with E-state index in [9.17, 15) is 31.2 Å². The van der Waals surface area contributed by atoms with Crippen LogP contribution in [0.5, 0.6) is 0 Å². The lowest BCUT2D eigenvalue weighted by Crippen LogP contribution is -2.33. The topological polar surface area (TPSA) is 113 Å². The Morgan fingerprint density at radius 2 is 1.76 bits per heavy atom. The minimum absolute atomic E-state index is 0.0349. The molecule has 0 bridgehead atoms. The van der Waals surface area contributed by atoms with Crippen LogP contribution in [0.2, 0.25) is 0 Å². The lowest BCUT2D eigenvalue weighted by Gasteiger charge is -2.10. The van der Waals surface area contributed by atoms with Crippen molar-refractivity contribution in [2.45, 2.75) is 17.7 Å². The number of amides is 2. The van der Waals surface area contributed by atoms with Crippen LogP contribution in [0.4, 0.5) is 18.9 Å². The molecule has 0 radical (unpaired) electrons. The Morgan fingerprint density at radius 3 is 2.44 bits per heavy atom. The van der Waals surface area contributed by atoms with Crippen molar-refractivity contribution in [2.75, 3.05) is 26.0 Å². The van der Waals surface area contributed by atoms with Crippen LogP contribution in [0, 0.1) is 17.5 Å². The van der Waals surface area contributed by atoms with Gasteiger partial charge >= 0.3 is 0 Å². The summed E-state index contributed by atoms with van der Waals surface area (Å²) in [7, 11) is 0.959. The Balaban J connectivity index is 1.59. The molecule has 34 heavy (non-hydrogen) atoms. The summed E-state index contributed by atoms with van der Waals surface area (Å²) < 4.78 is 67.3. The maximum atomic E-state index is 13.6. The van der Waals surface area contributed by atoms with E-state index in [4.69, 9.17) is 0 Å². The van der Waals surface area contributed by atoms with Gasteiger partial charge in [0.15, 0.2) is 17.5 Å². The molecule has 9 nitrogen and oxygen atoms in total. The van der Waals surface area contributed by atoms with E-state index >= 15 is 0 Å². The van der Waals surface area contributed by atoms with Crippen LogP contribution in [-0.4, -0.2) is 54.7 Å². The highest BCUT2D eigenvalue weighted by atomic mass is 32.2. The van der Waals surface area contributed by atoms with Crippen LogP contribution in [0.15, 0.2) is 35.2 Å². The molecule has 13 heteroatoms. The molecule has 0 spiro atoms. The summed E-state index contributed by atoms with van der Waals surface area (Å²) in [6, 6.07) is 6.10. The second-order valence-corrected chi connectivity index (χ2v) is 9.72. The van der Waals surface area contributed by atoms with Crippen LogP contribution in [0.1, 0.15) is 12.2 Å². The number of carbonyl (C=O) groups excluding carboxylic acids is 2. The highest BCUT2D eigenvalue weighted by Crippen LogP contribution is 2.22. The van der Waals surface area contributed by atoms with Gasteiger partial charge in [-0.25, -0.2) is 30.9 Å². The number of carbonyl (C=O) groups is 2. The van der Waals surface area contributed by atoms with Crippen molar-refractivity contribution < 1.29 is 31.2 Å². The summed E-state index contributed by atoms with van der Waals surface area (Å²) in [5, 5.41) is 4.41. The van der Waals surface area contributed by atoms with Crippen molar-refractivity contribution in [3.63, 3.8) is 0 Å². The maximum absolute atomic E-state index is 13.6. The second kappa shape index (κ2) is 9.81. The number of sulfonamides is 1. The first kappa shape index (κ1) is 25.2. The molecule has 0 aliphatic rings. The fourth-order valence-electron chi connectivity index (χ4n) is 3.13. The smallest absolute Gasteiger partial charge is 0.243 e. The normalized spacial score (nSPS) is 11.7. The molecule has 0 unspecified atom stereocenters. The second-order valence-electron chi connectivity index (χ2n) is 7.57. The molecular formula is C21H22F3N5O4S. The molecule has 0 aliphatic heterocycles. The van der Waals surface area contributed by atoms with Crippen molar-refractivity contribution in [1.29, 1.82) is 0 Å². The van der Waals surface area contributed by atoms with Crippen LogP contribution in [-0.2, 0) is 33.1 Å². The van der Waals surface area contributed by atoms with E-state index in [0.29, 0.717) is 22.9 Å². The zero-order valence-electron chi connectivity index (χ0n) is 18.5. The quantitative estimate of drug-likeness (QED) is 0.462. The average molecular weight is 497 g/mol. The molecule has 1 aromatic heterocycles. The Hall–Kier alpha value is -3.45. The van der Waals surface area contributed by atoms with Crippen LogP contribution < -0.4 is 10.6 Å². The zero-order chi connectivity index (χ0) is 25.2. The van der Waals surface area contributed by atoms with Gasteiger partial charge in [0.2, 0.25) is 21.8 Å². The van der Waals surface area contributed by atoms with Gasteiger partial charge in [-0.15, -0.1) is 0 Å². The van der Waals surface area contributed by atoms with E-state index in [1.165, 1.54) is 26.2 Å². The van der Waals surface area contributed by atoms with Gasteiger partial charge in [0.05, 0.1) is 28.2 Å². The number of halogens is 3. The first-order chi connectivity index (χ1) is 15.9. The number of fused-ring (bicyclic) bond motifs is 1. The molecule has 3 aromatic rings. The van der Waals surface area contributed by atoms with Gasteiger partial charge in [-0.1, -0.05) is 0 Å². The minimum Gasteiger partial charge on any atom is -0.347 e. The Bertz CT molecular complexity index is 1370. The molecule has 0 saturated heterocycles. The van der Waals surface area contributed by atoms with E-state index < -0.39 is 51.5 Å².